The lowest BCUT2D eigenvalue weighted by Gasteiger charge is -2.27. The van der Waals surface area contributed by atoms with Gasteiger partial charge in [0.15, 0.2) is 0 Å². The van der Waals surface area contributed by atoms with Gasteiger partial charge in [-0.1, -0.05) is 101 Å². The van der Waals surface area contributed by atoms with Crippen molar-refractivity contribution in [2.75, 3.05) is 5.32 Å². The summed E-state index contributed by atoms with van der Waals surface area (Å²) in [4.78, 5) is 0. The fourth-order valence-electron chi connectivity index (χ4n) is 3.40. The Hall–Kier alpha value is -2.62. The summed E-state index contributed by atoms with van der Waals surface area (Å²) in [5.41, 5.74) is 2.93. The highest BCUT2D eigenvalue weighted by Crippen LogP contribution is 2.36. The molecule has 2 N–H and O–H groups in total. The van der Waals surface area contributed by atoms with E-state index in [0.717, 1.165) is 32.1 Å². The number of nitrogens with one attached hydrogen (secondary N) is 1. The summed E-state index contributed by atoms with van der Waals surface area (Å²) in [6.07, 6.45) is -0.670. The third-order valence-corrected chi connectivity index (χ3v) is 5.49. The molecule has 0 spiro atoms. The number of hydrogen-bond acceptors (Lipinski definition) is 2. The quantitative estimate of drug-likeness (QED) is 0.388. The minimum Gasteiger partial charge on any atom is -0.386 e. The van der Waals surface area contributed by atoms with Gasteiger partial charge in [-0.25, -0.2) is 0 Å². The number of anilines is 1. The summed E-state index contributed by atoms with van der Waals surface area (Å²) >= 11 is 3.63. The Morgan fingerprint density at radius 3 is 1.85 bits per heavy atom. The molecular formula is C24H20BrNO. The van der Waals surface area contributed by atoms with Crippen LogP contribution in [0.1, 0.15) is 23.3 Å². The van der Waals surface area contributed by atoms with Crippen LogP contribution in [-0.4, -0.2) is 5.11 Å². The highest BCUT2D eigenvalue weighted by atomic mass is 79.9. The highest BCUT2D eigenvalue weighted by Gasteiger charge is 2.23. The summed E-state index contributed by atoms with van der Waals surface area (Å²) in [7, 11) is 0. The van der Waals surface area contributed by atoms with Gasteiger partial charge in [0.2, 0.25) is 0 Å². The number of aliphatic hydroxyl groups excluding tert-OH is 1. The molecule has 0 saturated carbocycles. The van der Waals surface area contributed by atoms with Gasteiger partial charge in [0.25, 0.3) is 0 Å². The lowest BCUT2D eigenvalue weighted by atomic mass is 9.95. The Morgan fingerprint density at radius 1 is 0.630 bits per heavy atom. The van der Waals surface area contributed by atoms with Crippen molar-refractivity contribution >= 4 is 32.4 Å². The molecule has 4 aromatic rings. The molecule has 0 saturated heterocycles. The Balaban J connectivity index is 1.78. The van der Waals surface area contributed by atoms with Crippen LogP contribution in [0.15, 0.2) is 102 Å². The van der Waals surface area contributed by atoms with E-state index in [9.17, 15) is 5.11 Å². The maximum absolute atomic E-state index is 11.1. The normalized spacial score (nSPS) is 13.3. The van der Waals surface area contributed by atoms with E-state index in [4.69, 9.17) is 0 Å². The van der Waals surface area contributed by atoms with E-state index in [-0.39, 0.29) is 6.04 Å². The van der Waals surface area contributed by atoms with Crippen LogP contribution in [0.3, 0.4) is 0 Å². The second-order valence-corrected chi connectivity index (χ2v) is 7.38. The second-order valence-electron chi connectivity index (χ2n) is 6.53. The molecule has 0 unspecified atom stereocenters. The van der Waals surface area contributed by atoms with Gasteiger partial charge in [-0.3, -0.25) is 0 Å². The SMILES string of the molecule is O[C@@H](c1ccccc1)[C@@H](Nc1ccc(Br)c2ccccc12)c1ccccc1. The molecule has 0 aliphatic rings. The molecule has 0 amide bonds. The Kier molecular flexibility index (Phi) is 5.23. The third kappa shape index (κ3) is 3.75. The number of hydrogen-bond donors (Lipinski definition) is 2. The predicted octanol–water partition coefficient (Wildman–Crippen LogP) is 6.49. The molecule has 2 nitrogen and oxygen atoms in total. The second kappa shape index (κ2) is 7.95. The summed E-state index contributed by atoms with van der Waals surface area (Å²) in [6, 6.07) is 32.0. The Bertz CT molecular complexity index is 1030. The van der Waals surface area contributed by atoms with E-state index in [1.54, 1.807) is 0 Å². The van der Waals surface area contributed by atoms with E-state index in [2.05, 4.69) is 39.4 Å². The fraction of sp³-hybridized carbons (Fsp3) is 0.0833. The van der Waals surface area contributed by atoms with Crippen molar-refractivity contribution in [2.45, 2.75) is 12.1 Å². The molecule has 0 fully saturated rings. The molecule has 0 radical (unpaired) electrons. The van der Waals surface area contributed by atoms with E-state index in [0.29, 0.717) is 0 Å². The average molecular weight is 418 g/mol. The zero-order valence-electron chi connectivity index (χ0n) is 14.7. The molecule has 4 aromatic carbocycles. The Morgan fingerprint density at radius 2 is 1.19 bits per heavy atom. The van der Waals surface area contributed by atoms with Gasteiger partial charge in [-0.15, -0.1) is 0 Å². The van der Waals surface area contributed by atoms with Crippen molar-refractivity contribution in [1.82, 2.24) is 0 Å². The van der Waals surface area contributed by atoms with Crippen LogP contribution in [0, 0.1) is 0 Å². The number of fused-ring (bicyclic) bond motifs is 1. The maximum atomic E-state index is 11.1. The molecule has 4 rings (SSSR count). The average Bonchev–Trinajstić information content (AvgIpc) is 2.74. The van der Waals surface area contributed by atoms with Crippen molar-refractivity contribution in [2.24, 2.45) is 0 Å². The highest BCUT2D eigenvalue weighted by molar-refractivity contribution is 9.10. The van der Waals surface area contributed by atoms with Gasteiger partial charge in [0.1, 0.15) is 6.10 Å². The van der Waals surface area contributed by atoms with E-state index in [1.807, 2.05) is 78.9 Å². The van der Waals surface area contributed by atoms with Crippen LogP contribution >= 0.6 is 15.9 Å². The van der Waals surface area contributed by atoms with Crippen molar-refractivity contribution in [3.8, 4) is 0 Å². The monoisotopic (exact) mass is 417 g/mol. The topological polar surface area (TPSA) is 32.3 Å². The van der Waals surface area contributed by atoms with Gasteiger partial charge in [0, 0.05) is 15.5 Å². The smallest absolute Gasteiger partial charge is 0.103 e. The van der Waals surface area contributed by atoms with Crippen LogP contribution < -0.4 is 5.32 Å². The number of halogens is 1. The molecule has 2 atom stereocenters. The summed E-state index contributed by atoms with van der Waals surface area (Å²) in [5, 5.41) is 17.0. The van der Waals surface area contributed by atoms with Crippen LogP contribution in [0.25, 0.3) is 10.8 Å². The van der Waals surface area contributed by atoms with Crippen molar-refractivity contribution < 1.29 is 5.11 Å². The van der Waals surface area contributed by atoms with Gasteiger partial charge in [0.05, 0.1) is 6.04 Å². The molecular weight excluding hydrogens is 398 g/mol. The summed E-state index contributed by atoms with van der Waals surface area (Å²) in [6.45, 7) is 0. The van der Waals surface area contributed by atoms with Crippen LogP contribution in [-0.2, 0) is 0 Å². The van der Waals surface area contributed by atoms with E-state index in [1.165, 1.54) is 0 Å². The van der Waals surface area contributed by atoms with Crippen molar-refractivity contribution in [3.63, 3.8) is 0 Å². The Labute approximate surface area is 167 Å². The molecule has 0 heterocycles. The molecule has 0 bridgehead atoms. The first kappa shape index (κ1) is 17.8. The van der Waals surface area contributed by atoms with Gasteiger partial charge < -0.3 is 10.4 Å². The minimum absolute atomic E-state index is 0.266. The molecule has 0 aliphatic heterocycles. The van der Waals surface area contributed by atoms with Crippen LogP contribution in [0.4, 0.5) is 5.69 Å². The lowest BCUT2D eigenvalue weighted by molar-refractivity contribution is 0.155. The summed E-state index contributed by atoms with van der Waals surface area (Å²) in [5.74, 6) is 0. The van der Waals surface area contributed by atoms with Crippen molar-refractivity contribution in [1.29, 1.82) is 0 Å². The van der Waals surface area contributed by atoms with Gasteiger partial charge in [-0.2, -0.15) is 0 Å². The molecule has 3 heteroatoms. The van der Waals surface area contributed by atoms with E-state index < -0.39 is 6.10 Å². The molecule has 0 aromatic heterocycles. The van der Waals surface area contributed by atoms with E-state index >= 15 is 0 Å². The summed E-state index contributed by atoms with van der Waals surface area (Å²) < 4.78 is 1.06. The van der Waals surface area contributed by atoms with Crippen molar-refractivity contribution in [3.05, 3.63) is 113 Å². The number of benzene rings is 4. The minimum atomic E-state index is -0.670. The molecule has 0 aliphatic carbocycles. The fourth-order valence-corrected chi connectivity index (χ4v) is 3.88. The van der Waals surface area contributed by atoms with Crippen LogP contribution in [0.5, 0.6) is 0 Å². The first-order valence-corrected chi connectivity index (χ1v) is 9.75. The molecule has 27 heavy (non-hydrogen) atoms. The maximum Gasteiger partial charge on any atom is 0.103 e. The van der Waals surface area contributed by atoms with Crippen LogP contribution in [0.2, 0.25) is 0 Å². The number of aliphatic hydroxyl groups is 1. The van der Waals surface area contributed by atoms with Gasteiger partial charge >= 0.3 is 0 Å². The third-order valence-electron chi connectivity index (χ3n) is 4.80. The molecule has 134 valence electrons. The zero-order chi connectivity index (χ0) is 18.6. The lowest BCUT2D eigenvalue weighted by Crippen LogP contribution is -2.19. The number of rotatable bonds is 5. The first-order valence-electron chi connectivity index (χ1n) is 8.96. The standard InChI is InChI=1S/C24H20BrNO/c25-21-15-16-22(20-14-8-7-13-19(20)21)26-23(17-9-3-1-4-10-17)24(27)18-11-5-2-6-12-18/h1-16,23-24,26-27H/t23-,24-/m0/s1. The first-order chi connectivity index (χ1) is 13.2. The predicted molar refractivity (Wildman–Crippen MR) is 116 cm³/mol. The zero-order valence-corrected chi connectivity index (χ0v) is 16.3. The van der Waals surface area contributed by atoms with Gasteiger partial charge in [-0.05, 0) is 28.6 Å². The largest absolute Gasteiger partial charge is 0.386 e.